The molecule has 1 saturated heterocycles. The molecule has 1 amide bonds. The first-order chi connectivity index (χ1) is 17.0. The van der Waals surface area contributed by atoms with Crippen LogP contribution in [0.25, 0.3) is 22.2 Å². The minimum Gasteiger partial charge on any atom is -0.497 e. The molecule has 5 nitrogen and oxygen atoms in total. The molecule has 1 aliphatic heterocycles. The zero-order chi connectivity index (χ0) is 24.4. The maximum atomic E-state index is 13.8. The Bertz CT molecular complexity index is 1370. The second-order valence-electron chi connectivity index (χ2n) is 8.64. The highest BCUT2D eigenvalue weighted by Gasteiger charge is 2.24. The van der Waals surface area contributed by atoms with Crippen LogP contribution in [-0.4, -0.2) is 54.0 Å². The van der Waals surface area contributed by atoms with Crippen molar-refractivity contribution in [1.82, 2.24) is 14.8 Å². The molecule has 4 aromatic rings. The number of nitrogens with zero attached hydrogens (tertiary/aromatic N) is 3. The lowest BCUT2D eigenvalue weighted by atomic mass is 10.0. The molecule has 2 heterocycles. The summed E-state index contributed by atoms with van der Waals surface area (Å²) in [5, 5.41) is 0.859. The van der Waals surface area contributed by atoms with Crippen molar-refractivity contribution in [1.29, 1.82) is 0 Å². The zero-order valence-electron chi connectivity index (χ0n) is 19.4. The van der Waals surface area contributed by atoms with Crippen LogP contribution < -0.4 is 4.74 Å². The number of fused-ring (bicyclic) bond motifs is 1. The maximum absolute atomic E-state index is 13.8. The molecule has 3 aromatic carbocycles. The largest absolute Gasteiger partial charge is 0.497 e. The van der Waals surface area contributed by atoms with E-state index >= 15 is 0 Å². The Kier molecular flexibility index (Phi) is 7.18. The van der Waals surface area contributed by atoms with Gasteiger partial charge in [-0.05, 0) is 66.2 Å². The van der Waals surface area contributed by atoms with Crippen molar-refractivity contribution >= 4 is 48.7 Å². The van der Waals surface area contributed by atoms with Gasteiger partial charge < -0.3 is 9.64 Å². The fourth-order valence-corrected chi connectivity index (χ4v) is 5.27. The molecular formula is C28H25Br2N3O2. The monoisotopic (exact) mass is 593 g/mol. The van der Waals surface area contributed by atoms with Gasteiger partial charge in [0.05, 0.1) is 23.9 Å². The van der Waals surface area contributed by atoms with Gasteiger partial charge in [-0.3, -0.25) is 9.69 Å². The molecular weight excluding hydrogens is 570 g/mol. The molecule has 1 aromatic heterocycles. The second-order valence-corrected chi connectivity index (χ2v) is 10.5. The first kappa shape index (κ1) is 24.0. The molecule has 0 atom stereocenters. The van der Waals surface area contributed by atoms with E-state index in [4.69, 9.17) is 9.72 Å². The van der Waals surface area contributed by atoms with Crippen LogP contribution in [-0.2, 0) is 6.54 Å². The Hall–Kier alpha value is -2.74. The molecule has 5 rings (SSSR count). The van der Waals surface area contributed by atoms with Gasteiger partial charge in [0.25, 0.3) is 5.91 Å². The van der Waals surface area contributed by atoms with Crippen molar-refractivity contribution < 1.29 is 9.53 Å². The summed E-state index contributed by atoms with van der Waals surface area (Å²) >= 11 is 7.11. The van der Waals surface area contributed by atoms with E-state index < -0.39 is 0 Å². The highest BCUT2D eigenvalue weighted by Crippen LogP contribution is 2.29. The third-order valence-electron chi connectivity index (χ3n) is 6.34. The number of benzene rings is 3. The number of hydrogen-bond acceptors (Lipinski definition) is 4. The summed E-state index contributed by atoms with van der Waals surface area (Å²) in [4.78, 5) is 23.0. The fraction of sp³-hybridized carbons (Fsp3) is 0.214. The number of piperazine rings is 1. The lowest BCUT2D eigenvalue weighted by Gasteiger charge is -2.35. The summed E-state index contributed by atoms with van der Waals surface area (Å²) in [6.07, 6.45) is 0. The van der Waals surface area contributed by atoms with E-state index in [0.717, 1.165) is 56.5 Å². The number of aromatic nitrogens is 1. The first-order valence-electron chi connectivity index (χ1n) is 11.5. The number of pyridine rings is 1. The lowest BCUT2D eigenvalue weighted by molar-refractivity contribution is 0.0630. The minimum atomic E-state index is 0.0485. The Labute approximate surface area is 222 Å². The number of halogens is 2. The van der Waals surface area contributed by atoms with Crippen LogP contribution in [0.1, 0.15) is 15.9 Å². The molecule has 178 valence electrons. The van der Waals surface area contributed by atoms with Gasteiger partial charge in [-0.2, -0.15) is 0 Å². The highest BCUT2D eigenvalue weighted by molar-refractivity contribution is 9.10. The average molecular weight is 595 g/mol. The Morgan fingerprint density at radius 2 is 1.66 bits per heavy atom. The van der Waals surface area contributed by atoms with Crippen molar-refractivity contribution in [3.63, 3.8) is 0 Å². The lowest BCUT2D eigenvalue weighted by Crippen LogP contribution is -2.48. The number of ether oxygens (including phenoxy) is 1. The molecule has 0 aliphatic carbocycles. The SMILES string of the molecule is COc1ccc(-c2cc(C(=O)N3CCN(Cc4cccc(Br)c4)CC3)c3cc(Br)ccc3n2)cc1. The van der Waals surface area contributed by atoms with E-state index in [2.05, 4.69) is 55.0 Å². The van der Waals surface area contributed by atoms with Crippen LogP contribution in [0.3, 0.4) is 0 Å². The number of hydrogen-bond donors (Lipinski definition) is 0. The van der Waals surface area contributed by atoms with Crippen LogP contribution in [0, 0.1) is 0 Å². The molecule has 0 radical (unpaired) electrons. The Balaban J connectivity index is 1.40. The summed E-state index contributed by atoms with van der Waals surface area (Å²) < 4.78 is 7.31. The summed E-state index contributed by atoms with van der Waals surface area (Å²) in [5.74, 6) is 0.836. The Morgan fingerprint density at radius 3 is 2.37 bits per heavy atom. The van der Waals surface area contributed by atoms with Gasteiger partial charge in [0.2, 0.25) is 0 Å². The summed E-state index contributed by atoms with van der Waals surface area (Å²) in [5.41, 5.74) is 4.48. The van der Waals surface area contributed by atoms with Crippen LogP contribution in [0.15, 0.2) is 81.7 Å². The van der Waals surface area contributed by atoms with E-state index in [1.54, 1.807) is 7.11 Å². The normalized spacial score (nSPS) is 14.3. The van der Waals surface area contributed by atoms with Gasteiger partial charge in [-0.15, -0.1) is 0 Å². The van der Waals surface area contributed by atoms with Gasteiger partial charge in [0.1, 0.15) is 5.75 Å². The predicted molar refractivity (Wildman–Crippen MR) is 147 cm³/mol. The molecule has 0 unspecified atom stereocenters. The van der Waals surface area contributed by atoms with E-state index in [1.165, 1.54) is 5.56 Å². The standard InChI is InChI=1S/C28H25Br2N3O2/c1-35-23-8-5-20(6-9-23)27-17-25(24-16-22(30)7-10-26(24)31-27)28(34)33-13-11-32(12-14-33)18-19-3-2-4-21(29)15-19/h2-10,15-17H,11-14,18H2,1H3. The molecule has 0 spiro atoms. The zero-order valence-corrected chi connectivity index (χ0v) is 22.5. The van der Waals surface area contributed by atoms with Crippen molar-refractivity contribution in [3.05, 3.63) is 92.9 Å². The maximum Gasteiger partial charge on any atom is 0.254 e. The number of methoxy groups -OCH3 is 1. The molecule has 0 N–H and O–H groups in total. The van der Waals surface area contributed by atoms with Crippen molar-refractivity contribution in [2.24, 2.45) is 0 Å². The number of carbonyl (C=O) groups is 1. The topological polar surface area (TPSA) is 45.7 Å². The van der Waals surface area contributed by atoms with Gasteiger partial charge >= 0.3 is 0 Å². The second kappa shape index (κ2) is 10.5. The fourth-order valence-electron chi connectivity index (χ4n) is 4.46. The van der Waals surface area contributed by atoms with Crippen molar-refractivity contribution in [3.8, 4) is 17.0 Å². The van der Waals surface area contributed by atoms with E-state index in [0.29, 0.717) is 18.7 Å². The quantitative estimate of drug-likeness (QED) is 0.268. The third-order valence-corrected chi connectivity index (χ3v) is 7.33. The summed E-state index contributed by atoms with van der Waals surface area (Å²) in [7, 11) is 1.65. The summed E-state index contributed by atoms with van der Waals surface area (Å²) in [6, 6.07) is 24.0. The van der Waals surface area contributed by atoms with Crippen LogP contribution in [0.2, 0.25) is 0 Å². The molecule has 35 heavy (non-hydrogen) atoms. The number of carbonyl (C=O) groups excluding carboxylic acids is 1. The average Bonchev–Trinajstić information content (AvgIpc) is 2.88. The first-order valence-corrected chi connectivity index (χ1v) is 13.1. The molecule has 0 bridgehead atoms. The van der Waals surface area contributed by atoms with Crippen LogP contribution in [0.4, 0.5) is 0 Å². The van der Waals surface area contributed by atoms with E-state index in [-0.39, 0.29) is 5.91 Å². The van der Waals surface area contributed by atoms with E-state index in [1.807, 2.05) is 59.5 Å². The number of amides is 1. The molecule has 1 fully saturated rings. The van der Waals surface area contributed by atoms with Gasteiger partial charge in [-0.1, -0.05) is 44.0 Å². The van der Waals surface area contributed by atoms with Crippen LogP contribution >= 0.6 is 31.9 Å². The van der Waals surface area contributed by atoms with Gasteiger partial charge in [-0.25, -0.2) is 4.98 Å². The summed E-state index contributed by atoms with van der Waals surface area (Å²) in [6.45, 7) is 3.96. The van der Waals surface area contributed by atoms with Crippen LogP contribution in [0.5, 0.6) is 5.75 Å². The van der Waals surface area contributed by atoms with Crippen molar-refractivity contribution in [2.75, 3.05) is 33.3 Å². The van der Waals surface area contributed by atoms with Gasteiger partial charge in [0.15, 0.2) is 0 Å². The highest BCUT2D eigenvalue weighted by atomic mass is 79.9. The van der Waals surface area contributed by atoms with Crippen molar-refractivity contribution in [2.45, 2.75) is 6.54 Å². The molecule has 7 heteroatoms. The molecule has 1 aliphatic rings. The Morgan fingerprint density at radius 1 is 0.914 bits per heavy atom. The van der Waals surface area contributed by atoms with Gasteiger partial charge in [0, 0.05) is 52.6 Å². The predicted octanol–water partition coefficient (Wildman–Crippen LogP) is 6.39. The van der Waals surface area contributed by atoms with E-state index in [9.17, 15) is 4.79 Å². The third kappa shape index (κ3) is 5.42. The number of rotatable bonds is 5. The smallest absolute Gasteiger partial charge is 0.254 e. The minimum absolute atomic E-state index is 0.0485. The molecule has 0 saturated carbocycles.